The van der Waals surface area contributed by atoms with Crippen molar-refractivity contribution in [1.82, 2.24) is 10.1 Å². The predicted octanol–water partition coefficient (Wildman–Crippen LogP) is 3.85. The fourth-order valence-electron chi connectivity index (χ4n) is 2.47. The van der Waals surface area contributed by atoms with Crippen molar-refractivity contribution in [3.8, 4) is 11.4 Å². The standard InChI is InChI=1S/C19H11ClN2O5/c20-13-6-3-5-12(8-13)17-21-16(27-22-17)10-25-18(23)14-9-11-4-1-2-7-15(11)26-19(14)24/h1-9H,10H2. The van der Waals surface area contributed by atoms with Crippen LogP contribution in [0.5, 0.6) is 0 Å². The number of aromatic nitrogens is 2. The number of halogens is 1. The molecule has 0 saturated carbocycles. The Morgan fingerprint density at radius 2 is 1.96 bits per heavy atom. The van der Waals surface area contributed by atoms with Gasteiger partial charge in [0.1, 0.15) is 11.1 Å². The lowest BCUT2D eigenvalue weighted by molar-refractivity contribution is 0.0425. The highest BCUT2D eigenvalue weighted by molar-refractivity contribution is 6.30. The Labute approximate surface area is 157 Å². The average molecular weight is 383 g/mol. The smallest absolute Gasteiger partial charge is 0.351 e. The highest BCUT2D eigenvalue weighted by Crippen LogP contribution is 2.20. The van der Waals surface area contributed by atoms with Crippen LogP contribution in [0.4, 0.5) is 0 Å². The maximum atomic E-state index is 12.2. The molecular formula is C19H11ClN2O5. The minimum absolute atomic E-state index is 0.0866. The molecule has 2 aromatic carbocycles. The van der Waals surface area contributed by atoms with Gasteiger partial charge in [-0.05, 0) is 24.3 Å². The minimum atomic E-state index is -0.836. The molecule has 0 aliphatic rings. The van der Waals surface area contributed by atoms with Gasteiger partial charge in [0.2, 0.25) is 5.82 Å². The Morgan fingerprint density at radius 1 is 1.11 bits per heavy atom. The second-order valence-electron chi connectivity index (χ2n) is 5.58. The van der Waals surface area contributed by atoms with Crippen molar-refractivity contribution >= 4 is 28.5 Å². The van der Waals surface area contributed by atoms with Crippen molar-refractivity contribution in [2.24, 2.45) is 0 Å². The van der Waals surface area contributed by atoms with Crippen molar-refractivity contribution in [2.45, 2.75) is 6.61 Å². The Balaban J connectivity index is 1.50. The summed E-state index contributed by atoms with van der Waals surface area (Å²) in [5.41, 5.74) is 0.0771. The molecule has 0 spiro atoms. The van der Waals surface area contributed by atoms with E-state index in [9.17, 15) is 9.59 Å². The topological polar surface area (TPSA) is 95.4 Å². The van der Waals surface area contributed by atoms with Gasteiger partial charge < -0.3 is 13.7 Å². The summed E-state index contributed by atoms with van der Waals surface area (Å²) in [6.45, 7) is -0.279. The van der Waals surface area contributed by atoms with Gasteiger partial charge in [-0.3, -0.25) is 0 Å². The number of esters is 1. The number of nitrogens with zero attached hydrogens (tertiary/aromatic N) is 2. The molecule has 8 heteroatoms. The highest BCUT2D eigenvalue weighted by atomic mass is 35.5. The average Bonchev–Trinajstić information content (AvgIpc) is 3.14. The number of fused-ring (bicyclic) bond motifs is 1. The Morgan fingerprint density at radius 3 is 2.81 bits per heavy atom. The summed E-state index contributed by atoms with van der Waals surface area (Å²) >= 11 is 5.93. The molecule has 4 rings (SSSR count). The SMILES string of the molecule is O=C(OCc1nc(-c2cccc(Cl)c2)no1)c1cc2ccccc2oc1=O. The van der Waals surface area contributed by atoms with E-state index in [1.807, 2.05) is 0 Å². The maximum absolute atomic E-state index is 12.2. The maximum Gasteiger partial charge on any atom is 0.351 e. The number of carbonyl (C=O) groups excluding carboxylic acids is 1. The van der Waals surface area contributed by atoms with Crippen LogP contribution in [0.3, 0.4) is 0 Å². The van der Waals surface area contributed by atoms with Gasteiger partial charge in [0.05, 0.1) is 0 Å². The summed E-state index contributed by atoms with van der Waals surface area (Å²) in [5, 5.41) is 4.97. The Hall–Kier alpha value is -3.45. The monoisotopic (exact) mass is 382 g/mol. The molecular weight excluding hydrogens is 372 g/mol. The van der Waals surface area contributed by atoms with Crippen LogP contribution >= 0.6 is 11.6 Å². The summed E-state index contributed by atoms with van der Waals surface area (Å²) in [6, 6.07) is 15.2. The van der Waals surface area contributed by atoms with Gasteiger partial charge in [-0.15, -0.1) is 0 Å². The first-order valence-corrected chi connectivity index (χ1v) is 8.26. The van der Waals surface area contributed by atoms with Gasteiger partial charge in [0.15, 0.2) is 6.61 Å². The summed E-state index contributed by atoms with van der Waals surface area (Å²) < 4.78 is 15.3. The Kier molecular flexibility index (Phi) is 4.43. The van der Waals surface area contributed by atoms with Crippen LogP contribution in [-0.2, 0) is 11.3 Å². The first kappa shape index (κ1) is 17.0. The molecule has 0 bridgehead atoms. The lowest BCUT2D eigenvalue weighted by atomic mass is 10.2. The molecule has 0 radical (unpaired) electrons. The quantitative estimate of drug-likeness (QED) is 0.390. The fourth-order valence-corrected chi connectivity index (χ4v) is 2.66. The summed E-state index contributed by atoms with van der Waals surface area (Å²) in [7, 11) is 0. The van der Waals surface area contributed by atoms with Crippen molar-refractivity contribution in [3.05, 3.63) is 81.5 Å². The second-order valence-corrected chi connectivity index (χ2v) is 6.02. The third-order valence-electron chi connectivity index (χ3n) is 3.74. The zero-order valence-corrected chi connectivity index (χ0v) is 14.5. The molecule has 0 saturated heterocycles. The number of benzene rings is 2. The number of ether oxygens (including phenoxy) is 1. The van der Waals surface area contributed by atoms with E-state index in [1.54, 1.807) is 48.5 Å². The largest absolute Gasteiger partial charge is 0.452 e. The molecule has 0 unspecified atom stereocenters. The van der Waals surface area contributed by atoms with Gasteiger partial charge in [-0.2, -0.15) is 4.98 Å². The van der Waals surface area contributed by atoms with Gasteiger partial charge in [-0.25, -0.2) is 9.59 Å². The van der Waals surface area contributed by atoms with E-state index in [0.29, 0.717) is 27.4 Å². The van der Waals surface area contributed by atoms with Gasteiger partial charge in [0.25, 0.3) is 5.89 Å². The van der Waals surface area contributed by atoms with Crippen molar-refractivity contribution in [1.29, 1.82) is 0 Å². The molecule has 0 fully saturated rings. The molecule has 0 N–H and O–H groups in total. The number of hydrogen-bond donors (Lipinski definition) is 0. The predicted molar refractivity (Wildman–Crippen MR) is 96.3 cm³/mol. The highest BCUT2D eigenvalue weighted by Gasteiger charge is 2.17. The van der Waals surface area contributed by atoms with Crippen LogP contribution < -0.4 is 5.63 Å². The fraction of sp³-hybridized carbons (Fsp3) is 0.0526. The molecule has 0 atom stereocenters. The van der Waals surface area contributed by atoms with Gasteiger partial charge >= 0.3 is 11.6 Å². The number of carbonyl (C=O) groups is 1. The third-order valence-corrected chi connectivity index (χ3v) is 3.97. The number of para-hydroxylation sites is 1. The van der Waals surface area contributed by atoms with Crippen LogP contribution in [0.1, 0.15) is 16.2 Å². The van der Waals surface area contributed by atoms with Crippen LogP contribution in [0.25, 0.3) is 22.4 Å². The van der Waals surface area contributed by atoms with E-state index in [0.717, 1.165) is 0 Å². The lowest BCUT2D eigenvalue weighted by Crippen LogP contribution is -2.16. The summed E-state index contributed by atoms with van der Waals surface area (Å²) in [5.74, 6) is -0.436. The first-order chi connectivity index (χ1) is 13.1. The molecule has 2 heterocycles. The molecule has 27 heavy (non-hydrogen) atoms. The third kappa shape index (κ3) is 3.58. The van der Waals surface area contributed by atoms with Gasteiger partial charge in [-0.1, -0.05) is 47.1 Å². The van der Waals surface area contributed by atoms with Crippen LogP contribution in [0.15, 0.2) is 68.3 Å². The minimum Gasteiger partial charge on any atom is -0.452 e. The van der Waals surface area contributed by atoms with Crippen LogP contribution in [0.2, 0.25) is 5.02 Å². The van der Waals surface area contributed by atoms with E-state index < -0.39 is 11.6 Å². The number of rotatable bonds is 4. The molecule has 0 amide bonds. The van der Waals surface area contributed by atoms with Crippen LogP contribution in [-0.4, -0.2) is 16.1 Å². The van der Waals surface area contributed by atoms with Crippen molar-refractivity contribution in [3.63, 3.8) is 0 Å². The zero-order chi connectivity index (χ0) is 18.8. The normalized spacial score (nSPS) is 10.9. The molecule has 0 aliphatic heterocycles. The summed E-state index contributed by atoms with van der Waals surface area (Å²) in [6.07, 6.45) is 0. The van der Waals surface area contributed by atoms with Crippen molar-refractivity contribution in [2.75, 3.05) is 0 Å². The van der Waals surface area contributed by atoms with E-state index in [4.69, 9.17) is 25.3 Å². The van der Waals surface area contributed by atoms with E-state index in [2.05, 4.69) is 10.1 Å². The molecule has 134 valence electrons. The molecule has 7 nitrogen and oxygen atoms in total. The van der Waals surface area contributed by atoms with E-state index in [1.165, 1.54) is 6.07 Å². The molecule has 0 aliphatic carbocycles. The first-order valence-electron chi connectivity index (χ1n) is 7.89. The lowest BCUT2D eigenvalue weighted by Gasteiger charge is -2.02. The van der Waals surface area contributed by atoms with Crippen LogP contribution in [0, 0.1) is 0 Å². The number of hydrogen-bond acceptors (Lipinski definition) is 7. The zero-order valence-electron chi connectivity index (χ0n) is 13.7. The summed E-state index contributed by atoms with van der Waals surface area (Å²) in [4.78, 5) is 28.3. The molecule has 2 aromatic heterocycles. The van der Waals surface area contributed by atoms with Gasteiger partial charge in [0, 0.05) is 16.0 Å². The van der Waals surface area contributed by atoms with E-state index in [-0.39, 0.29) is 18.1 Å². The Bertz CT molecular complexity index is 1200. The van der Waals surface area contributed by atoms with E-state index >= 15 is 0 Å². The van der Waals surface area contributed by atoms with Crippen molar-refractivity contribution < 1.29 is 18.5 Å². The molecule has 4 aromatic rings. The second kappa shape index (κ2) is 7.05.